The minimum absolute atomic E-state index is 0.0906. The maximum Gasteiger partial charge on any atom is 0.252 e. The fourth-order valence-electron chi connectivity index (χ4n) is 2.51. The predicted octanol–water partition coefficient (Wildman–Crippen LogP) is 3.35. The maximum absolute atomic E-state index is 11.9. The molecule has 1 saturated heterocycles. The number of carbonyl (C=O) groups excluding carboxylic acids is 1. The Morgan fingerprint density at radius 1 is 1.32 bits per heavy atom. The zero-order chi connectivity index (χ0) is 16.7. The van der Waals surface area contributed by atoms with E-state index in [0.717, 1.165) is 21.7 Å². The van der Waals surface area contributed by atoms with E-state index in [2.05, 4.69) is 20.8 Å². The van der Waals surface area contributed by atoms with E-state index in [1.165, 1.54) is 11.8 Å². The molecule has 0 aromatic heterocycles. The number of phenolic OH excluding ortho intramolecular Hbond substituents is 1. The Morgan fingerprint density at radius 2 is 1.95 bits per heavy atom. The summed E-state index contributed by atoms with van der Waals surface area (Å²) in [6.07, 6.45) is 2.01. The number of carbonyl (C=O) groups is 1. The topological polar surface area (TPSA) is 43.8 Å². The Hall–Kier alpha value is -1.46. The summed E-state index contributed by atoms with van der Waals surface area (Å²) in [5, 5.41) is 14.7. The Bertz CT molecular complexity index is 630. The number of phenols is 1. The first-order valence-electron chi connectivity index (χ1n) is 7.30. The van der Waals surface area contributed by atoms with E-state index >= 15 is 0 Å². The van der Waals surface area contributed by atoms with Gasteiger partial charge >= 0.3 is 0 Å². The van der Waals surface area contributed by atoms with Gasteiger partial charge in [0, 0.05) is 19.7 Å². The molecule has 1 heterocycles. The fourth-order valence-corrected chi connectivity index (χ4v) is 3.51. The highest BCUT2D eigenvalue weighted by Gasteiger charge is 2.28. The molecule has 4 nitrogen and oxygen atoms in total. The molecule has 22 heavy (non-hydrogen) atoms. The lowest BCUT2D eigenvalue weighted by Gasteiger charge is -2.25. The van der Waals surface area contributed by atoms with Crippen LogP contribution in [-0.2, 0) is 10.2 Å². The summed E-state index contributed by atoms with van der Waals surface area (Å²) in [6.45, 7) is 8.15. The molecule has 0 saturated carbocycles. The second-order valence-electron chi connectivity index (χ2n) is 6.81. The summed E-state index contributed by atoms with van der Waals surface area (Å²) in [5.74, 6) is 0.912. The van der Waals surface area contributed by atoms with Gasteiger partial charge in [-0.2, -0.15) is 0 Å². The van der Waals surface area contributed by atoms with Gasteiger partial charge in [-0.05, 0) is 41.7 Å². The van der Waals surface area contributed by atoms with Gasteiger partial charge in [-0.3, -0.25) is 4.79 Å². The first kappa shape index (κ1) is 16.9. The number of nitrogens with zero attached hydrogens (tertiary/aromatic N) is 2. The summed E-state index contributed by atoms with van der Waals surface area (Å²) in [4.78, 5) is 11.9. The molecule has 0 aliphatic carbocycles. The van der Waals surface area contributed by atoms with Crippen molar-refractivity contribution >= 4 is 23.7 Å². The lowest BCUT2D eigenvalue weighted by Crippen LogP contribution is -2.37. The average Bonchev–Trinajstić information content (AvgIpc) is 2.73. The van der Waals surface area contributed by atoms with Crippen molar-refractivity contribution in [2.24, 2.45) is 0 Å². The van der Waals surface area contributed by atoms with Gasteiger partial charge in [0.25, 0.3) is 5.91 Å². The highest BCUT2D eigenvalue weighted by atomic mass is 32.2. The molecule has 0 bridgehead atoms. The molecule has 0 radical (unpaired) electrons. The van der Waals surface area contributed by atoms with E-state index in [0.29, 0.717) is 11.5 Å². The second kappa shape index (κ2) is 5.97. The van der Waals surface area contributed by atoms with Crippen molar-refractivity contribution in [3.63, 3.8) is 0 Å². The lowest BCUT2D eigenvalue weighted by molar-refractivity contribution is -0.135. The van der Waals surface area contributed by atoms with Crippen LogP contribution in [0.15, 0.2) is 17.2 Å². The standard InChI is InChI=1S/C17H24N2O2S/c1-11-7-12(8-13(16(11)21)17(2,3)4)9-15-19(18(5)6)14(20)10-22-15/h7-9,21H,10H2,1-6H3. The van der Waals surface area contributed by atoms with Crippen LogP contribution in [0.1, 0.15) is 37.5 Å². The van der Waals surface area contributed by atoms with Crippen molar-refractivity contribution in [3.05, 3.63) is 33.9 Å². The maximum atomic E-state index is 11.9. The lowest BCUT2D eigenvalue weighted by atomic mass is 9.84. The minimum Gasteiger partial charge on any atom is -0.507 e. The Morgan fingerprint density at radius 3 is 2.50 bits per heavy atom. The van der Waals surface area contributed by atoms with Crippen molar-refractivity contribution in [1.82, 2.24) is 10.0 Å². The van der Waals surface area contributed by atoms with Gasteiger partial charge in [0.15, 0.2) is 0 Å². The van der Waals surface area contributed by atoms with Crippen LogP contribution in [0.3, 0.4) is 0 Å². The first-order chi connectivity index (χ1) is 10.1. The smallest absolute Gasteiger partial charge is 0.252 e. The molecule has 1 N–H and O–H groups in total. The Labute approximate surface area is 136 Å². The number of hydrogen-bond acceptors (Lipinski definition) is 4. The fraction of sp³-hybridized carbons (Fsp3) is 0.471. The summed E-state index contributed by atoms with van der Waals surface area (Å²) in [6, 6.07) is 3.96. The van der Waals surface area contributed by atoms with Gasteiger partial charge in [-0.15, -0.1) is 0 Å². The molecule has 1 aliphatic rings. The number of aromatic hydroxyl groups is 1. The second-order valence-corrected chi connectivity index (χ2v) is 7.80. The van der Waals surface area contributed by atoms with Gasteiger partial charge in [0.05, 0.1) is 10.8 Å². The zero-order valence-corrected chi connectivity index (χ0v) is 14.9. The number of amides is 1. The third kappa shape index (κ3) is 3.31. The largest absolute Gasteiger partial charge is 0.507 e. The SMILES string of the molecule is Cc1cc(C=C2SCC(=O)N2N(C)C)cc(C(C)(C)C)c1O. The van der Waals surface area contributed by atoms with E-state index < -0.39 is 0 Å². The summed E-state index contributed by atoms with van der Waals surface area (Å²) >= 11 is 1.54. The predicted molar refractivity (Wildman–Crippen MR) is 92.5 cm³/mol. The monoisotopic (exact) mass is 320 g/mol. The van der Waals surface area contributed by atoms with E-state index in [4.69, 9.17) is 0 Å². The number of benzene rings is 1. The van der Waals surface area contributed by atoms with Crippen LogP contribution in [0, 0.1) is 6.92 Å². The molecule has 1 aromatic rings. The van der Waals surface area contributed by atoms with Gasteiger partial charge in [0.2, 0.25) is 0 Å². The molecule has 0 spiro atoms. The van der Waals surface area contributed by atoms with Crippen molar-refractivity contribution in [2.45, 2.75) is 33.1 Å². The first-order valence-corrected chi connectivity index (χ1v) is 8.28. The van der Waals surface area contributed by atoms with Crippen LogP contribution in [0.2, 0.25) is 0 Å². The van der Waals surface area contributed by atoms with Crippen molar-refractivity contribution in [2.75, 3.05) is 19.8 Å². The van der Waals surface area contributed by atoms with Crippen LogP contribution in [0.5, 0.6) is 5.75 Å². The Kier molecular flexibility index (Phi) is 4.59. The van der Waals surface area contributed by atoms with Gasteiger partial charge in [-0.25, -0.2) is 10.0 Å². The van der Waals surface area contributed by atoms with E-state index in [9.17, 15) is 9.90 Å². The summed E-state index contributed by atoms with van der Waals surface area (Å²) in [5.41, 5.74) is 2.64. The van der Waals surface area contributed by atoms with E-state index in [1.54, 1.807) is 10.0 Å². The van der Waals surface area contributed by atoms with E-state index in [-0.39, 0.29) is 11.3 Å². The Balaban J connectivity index is 2.48. The van der Waals surface area contributed by atoms with Crippen LogP contribution in [-0.4, -0.2) is 40.9 Å². The van der Waals surface area contributed by atoms with Crippen LogP contribution >= 0.6 is 11.8 Å². The molecule has 2 rings (SSSR count). The van der Waals surface area contributed by atoms with Crippen LogP contribution < -0.4 is 0 Å². The average molecular weight is 320 g/mol. The normalized spacial score (nSPS) is 17.9. The number of rotatable bonds is 2. The molecule has 120 valence electrons. The highest BCUT2D eigenvalue weighted by Crippen LogP contribution is 2.36. The summed E-state index contributed by atoms with van der Waals surface area (Å²) < 4.78 is 0. The van der Waals surface area contributed by atoms with Crippen molar-refractivity contribution in [3.8, 4) is 5.75 Å². The number of hydrazine groups is 1. The zero-order valence-electron chi connectivity index (χ0n) is 14.1. The minimum atomic E-state index is -0.136. The quantitative estimate of drug-likeness (QED) is 0.907. The molecule has 5 heteroatoms. The van der Waals surface area contributed by atoms with E-state index in [1.807, 2.05) is 39.2 Å². The molecule has 1 amide bonds. The van der Waals surface area contributed by atoms with Gasteiger partial charge in [-0.1, -0.05) is 32.5 Å². The molecule has 1 aliphatic heterocycles. The van der Waals surface area contributed by atoms with Crippen LogP contribution in [0.25, 0.3) is 6.08 Å². The van der Waals surface area contributed by atoms with Crippen molar-refractivity contribution < 1.29 is 9.90 Å². The van der Waals surface area contributed by atoms with Gasteiger partial charge in [0.1, 0.15) is 5.75 Å². The molecule has 1 fully saturated rings. The number of thioether (sulfide) groups is 1. The third-order valence-corrected chi connectivity index (χ3v) is 4.59. The molecular weight excluding hydrogens is 296 g/mol. The molecule has 0 atom stereocenters. The molecule has 1 aromatic carbocycles. The number of hydrogen-bond donors (Lipinski definition) is 1. The van der Waals surface area contributed by atoms with Crippen molar-refractivity contribution in [1.29, 1.82) is 0 Å². The van der Waals surface area contributed by atoms with Gasteiger partial charge < -0.3 is 5.11 Å². The van der Waals surface area contributed by atoms with Crippen LogP contribution in [0.4, 0.5) is 0 Å². The summed E-state index contributed by atoms with van der Waals surface area (Å²) in [7, 11) is 3.72. The molecule has 0 unspecified atom stereocenters. The third-order valence-electron chi connectivity index (χ3n) is 3.61. The highest BCUT2D eigenvalue weighted by molar-refractivity contribution is 8.04. The molecular formula is C17H24N2O2S. The number of aryl methyl sites for hydroxylation is 1.